The van der Waals surface area contributed by atoms with Gasteiger partial charge in [0.15, 0.2) is 9.84 Å². The van der Waals surface area contributed by atoms with Crippen molar-refractivity contribution in [3.05, 3.63) is 17.9 Å². The Bertz CT molecular complexity index is 663. The molecule has 0 amide bonds. The number of nitrogens with one attached hydrogen (secondary N) is 2. The van der Waals surface area contributed by atoms with Crippen LogP contribution in [0.2, 0.25) is 0 Å². The molecule has 0 bridgehead atoms. The summed E-state index contributed by atoms with van der Waals surface area (Å²) in [5.74, 6) is 0.382. The third-order valence-corrected chi connectivity index (χ3v) is 6.17. The van der Waals surface area contributed by atoms with E-state index >= 15 is 0 Å². The zero-order valence-electron chi connectivity index (χ0n) is 11.1. The lowest BCUT2D eigenvalue weighted by Crippen LogP contribution is -2.35. The van der Waals surface area contributed by atoms with Crippen molar-refractivity contribution in [2.24, 2.45) is 0 Å². The van der Waals surface area contributed by atoms with Gasteiger partial charge in [-0.3, -0.25) is 0 Å². The summed E-state index contributed by atoms with van der Waals surface area (Å²) >= 11 is 0. The van der Waals surface area contributed by atoms with Crippen molar-refractivity contribution in [3.8, 4) is 0 Å². The molecule has 2 rings (SSSR count). The van der Waals surface area contributed by atoms with Crippen molar-refractivity contribution in [3.63, 3.8) is 0 Å². The summed E-state index contributed by atoms with van der Waals surface area (Å²) in [7, 11) is -6.93. The highest BCUT2D eigenvalue weighted by Crippen LogP contribution is 2.17. The Morgan fingerprint density at radius 1 is 1.40 bits per heavy atom. The minimum Gasteiger partial charge on any atom is -0.447 e. The van der Waals surface area contributed by atoms with Gasteiger partial charge in [-0.2, -0.15) is 0 Å². The van der Waals surface area contributed by atoms with Crippen LogP contribution in [0.15, 0.2) is 21.6 Å². The van der Waals surface area contributed by atoms with Crippen LogP contribution in [0.4, 0.5) is 0 Å². The molecule has 0 saturated carbocycles. The van der Waals surface area contributed by atoms with Crippen LogP contribution < -0.4 is 10.0 Å². The molecule has 7 nitrogen and oxygen atoms in total. The molecule has 1 saturated heterocycles. The molecule has 1 atom stereocenters. The van der Waals surface area contributed by atoms with Gasteiger partial charge in [0, 0.05) is 6.04 Å². The monoisotopic (exact) mass is 322 g/mol. The van der Waals surface area contributed by atoms with E-state index in [1.165, 1.54) is 6.07 Å². The van der Waals surface area contributed by atoms with Crippen molar-refractivity contribution < 1.29 is 21.3 Å². The zero-order chi connectivity index (χ0) is 14.8. The maximum absolute atomic E-state index is 12.1. The Labute approximate surface area is 118 Å². The summed E-state index contributed by atoms with van der Waals surface area (Å²) in [5, 5.41) is 2.84. The van der Waals surface area contributed by atoms with Crippen molar-refractivity contribution in [1.29, 1.82) is 0 Å². The molecule has 1 aromatic heterocycles. The summed E-state index contributed by atoms with van der Waals surface area (Å²) in [6.45, 7) is 3.13. The summed E-state index contributed by atoms with van der Waals surface area (Å²) < 4.78 is 54.4. The van der Waals surface area contributed by atoms with E-state index in [-0.39, 0.29) is 16.6 Å². The van der Waals surface area contributed by atoms with E-state index in [1.54, 1.807) is 6.07 Å². The highest BCUT2D eigenvalue weighted by molar-refractivity contribution is 7.92. The van der Waals surface area contributed by atoms with Gasteiger partial charge >= 0.3 is 0 Å². The van der Waals surface area contributed by atoms with Crippen LogP contribution in [0.1, 0.15) is 19.1 Å². The molecule has 0 aliphatic carbocycles. The molecule has 0 radical (unpaired) electrons. The van der Waals surface area contributed by atoms with Gasteiger partial charge in [0.2, 0.25) is 5.09 Å². The number of hydrogen-bond donors (Lipinski definition) is 2. The van der Waals surface area contributed by atoms with E-state index in [0.717, 1.165) is 6.54 Å². The van der Waals surface area contributed by atoms with Gasteiger partial charge in [-0.15, -0.1) is 0 Å². The molecule has 0 aromatic carbocycles. The lowest BCUT2D eigenvalue weighted by atomic mass is 10.3. The molecule has 9 heteroatoms. The van der Waals surface area contributed by atoms with Gasteiger partial charge in [0.05, 0.1) is 18.1 Å². The SMILES string of the molecule is CCNCc1ccc(S(=O)(=O)NC2CCS(=O)(=O)C2)o1. The minimum absolute atomic E-state index is 0.0179. The summed E-state index contributed by atoms with van der Waals surface area (Å²) in [6, 6.07) is 2.38. The van der Waals surface area contributed by atoms with Crippen LogP contribution in [-0.4, -0.2) is 40.9 Å². The topological polar surface area (TPSA) is 105 Å². The molecule has 1 aromatic rings. The van der Waals surface area contributed by atoms with Crippen molar-refractivity contribution in [1.82, 2.24) is 10.0 Å². The highest BCUT2D eigenvalue weighted by atomic mass is 32.2. The van der Waals surface area contributed by atoms with Gasteiger partial charge in [-0.1, -0.05) is 6.92 Å². The maximum atomic E-state index is 12.1. The second-order valence-electron chi connectivity index (χ2n) is 4.72. The van der Waals surface area contributed by atoms with Crippen LogP contribution in [0.3, 0.4) is 0 Å². The third-order valence-electron chi connectivity index (χ3n) is 3.01. The Kier molecular flexibility index (Phi) is 4.52. The standard InChI is InChI=1S/C11H18N2O5S2/c1-2-12-7-10-3-4-11(18-10)20(16,17)13-9-5-6-19(14,15)8-9/h3-4,9,12-13H,2,5-8H2,1H3. The molecule has 0 spiro atoms. The minimum atomic E-state index is -3.81. The van der Waals surface area contributed by atoms with Gasteiger partial charge in [0.1, 0.15) is 5.76 Å². The summed E-state index contributed by atoms with van der Waals surface area (Å²) in [5.41, 5.74) is 0. The van der Waals surface area contributed by atoms with Crippen LogP contribution in [0.25, 0.3) is 0 Å². The lowest BCUT2D eigenvalue weighted by Gasteiger charge is -2.09. The molecule has 2 heterocycles. The van der Waals surface area contributed by atoms with Gasteiger partial charge < -0.3 is 9.73 Å². The van der Waals surface area contributed by atoms with E-state index in [9.17, 15) is 16.8 Å². The lowest BCUT2D eigenvalue weighted by molar-refractivity contribution is 0.400. The first-order chi connectivity index (χ1) is 9.32. The Morgan fingerprint density at radius 2 is 2.15 bits per heavy atom. The molecule has 1 aliphatic rings. The molecule has 1 aliphatic heterocycles. The zero-order valence-corrected chi connectivity index (χ0v) is 12.8. The molecule has 114 valence electrons. The third kappa shape index (κ3) is 3.81. The predicted molar refractivity (Wildman–Crippen MR) is 73.5 cm³/mol. The van der Waals surface area contributed by atoms with Crippen molar-refractivity contribution in [2.45, 2.75) is 31.0 Å². The largest absolute Gasteiger partial charge is 0.447 e. The Hall–Kier alpha value is -0.900. The van der Waals surface area contributed by atoms with Crippen LogP contribution >= 0.6 is 0 Å². The van der Waals surface area contributed by atoms with Gasteiger partial charge in [-0.25, -0.2) is 21.6 Å². The summed E-state index contributed by atoms with van der Waals surface area (Å²) in [4.78, 5) is 0. The second kappa shape index (κ2) is 5.84. The van der Waals surface area contributed by atoms with E-state index in [2.05, 4.69) is 10.0 Å². The fourth-order valence-corrected chi connectivity index (χ4v) is 5.01. The number of hydrogen-bond acceptors (Lipinski definition) is 6. The van der Waals surface area contributed by atoms with E-state index < -0.39 is 25.9 Å². The molecule has 1 fully saturated rings. The molecule has 1 unspecified atom stereocenters. The van der Waals surface area contributed by atoms with Gasteiger partial charge in [0.25, 0.3) is 10.0 Å². The Morgan fingerprint density at radius 3 is 2.75 bits per heavy atom. The second-order valence-corrected chi connectivity index (χ2v) is 8.60. The molecule has 2 N–H and O–H groups in total. The Balaban J connectivity index is 2.05. The van der Waals surface area contributed by atoms with Crippen molar-refractivity contribution in [2.75, 3.05) is 18.1 Å². The predicted octanol–water partition coefficient (Wildman–Crippen LogP) is -0.145. The first-order valence-electron chi connectivity index (χ1n) is 6.34. The molecular weight excluding hydrogens is 304 g/mol. The number of sulfonamides is 1. The van der Waals surface area contributed by atoms with Crippen LogP contribution in [-0.2, 0) is 26.4 Å². The van der Waals surface area contributed by atoms with Crippen LogP contribution in [0, 0.1) is 0 Å². The number of sulfone groups is 1. The van der Waals surface area contributed by atoms with E-state index in [1.807, 2.05) is 6.92 Å². The van der Waals surface area contributed by atoms with Crippen LogP contribution in [0.5, 0.6) is 0 Å². The van der Waals surface area contributed by atoms with Crippen molar-refractivity contribution >= 4 is 19.9 Å². The van der Waals surface area contributed by atoms with Gasteiger partial charge in [-0.05, 0) is 25.1 Å². The maximum Gasteiger partial charge on any atom is 0.274 e. The number of furan rings is 1. The normalized spacial score (nSPS) is 22.1. The number of rotatable bonds is 6. The van der Waals surface area contributed by atoms with E-state index in [4.69, 9.17) is 4.42 Å². The fraction of sp³-hybridized carbons (Fsp3) is 0.636. The first-order valence-corrected chi connectivity index (χ1v) is 9.65. The first kappa shape index (κ1) is 15.5. The van der Waals surface area contributed by atoms with E-state index in [0.29, 0.717) is 18.7 Å². The smallest absolute Gasteiger partial charge is 0.274 e. The fourth-order valence-electron chi connectivity index (χ4n) is 2.01. The molecular formula is C11H18N2O5S2. The average molecular weight is 322 g/mol. The highest BCUT2D eigenvalue weighted by Gasteiger charge is 2.32. The molecule has 20 heavy (non-hydrogen) atoms. The quantitative estimate of drug-likeness (QED) is 0.755. The average Bonchev–Trinajstić information content (AvgIpc) is 2.93. The summed E-state index contributed by atoms with van der Waals surface area (Å²) in [6.07, 6.45) is 0.298.